The Morgan fingerprint density at radius 2 is 0.929 bits per heavy atom. The Kier molecular flexibility index (Phi) is 137. The first-order valence-corrected chi connectivity index (χ1v) is 1.86. The predicted octanol–water partition coefficient (Wildman–Crippen LogP) is 0.888. The Morgan fingerprint density at radius 1 is 0.786 bits per heavy atom. The molecule has 0 rings (SSSR count). The van der Waals surface area contributed by atoms with E-state index >= 15 is 0 Å². The molecule has 0 saturated carbocycles. The second kappa shape index (κ2) is 36.0. The average Bonchev–Trinajstić information content (AvgIpc) is 1.27. The normalized spacial score (nSPS) is 3.86. The van der Waals surface area contributed by atoms with Gasteiger partial charge in [-0.3, -0.25) is 0 Å². The molecule has 0 aliphatic carbocycles. The molecule has 0 atom stereocenters. The van der Waals surface area contributed by atoms with E-state index in [0.29, 0.717) is 0 Å². The van der Waals surface area contributed by atoms with Gasteiger partial charge in [0.05, 0.1) is 11.8 Å². The van der Waals surface area contributed by atoms with Gasteiger partial charge in [-0.2, -0.15) is 0 Å². The van der Waals surface area contributed by atoms with Gasteiger partial charge in [-0.25, -0.2) is 0 Å². The van der Waals surface area contributed by atoms with Crippen LogP contribution in [0.5, 0.6) is 0 Å². The summed E-state index contributed by atoms with van der Waals surface area (Å²) < 4.78 is 0. The van der Waals surface area contributed by atoms with Gasteiger partial charge in [0.2, 0.25) is 0 Å². The van der Waals surface area contributed by atoms with Gasteiger partial charge in [0, 0.05) is 105 Å². The van der Waals surface area contributed by atoms with Crippen LogP contribution in [-0.2, 0) is 136 Å². The van der Waals surface area contributed by atoms with Gasteiger partial charge in [-0.1, -0.05) is 0 Å². The molecule has 9 heteroatoms. The molecule has 3 nitrogen and oxygen atoms in total. The van der Waals surface area contributed by atoms with Crippen LogP contribution < -0.4 is 0 Å². The van der Waals surface area contributed by atoms with Crippen LogP contribution in [0.25, 0.3) is 5.32 Å². The number of hydrogen-bond acceptors (Lipinski definition) is 2. The molecule has 0 aliphatic rings. The van der Waals surface area contributed by atoms with Crippen LogP contribution in [0.4, 0.5) is 0 Å². The molecule has 0 spiro atoms. The summed E-state index contributed by atoms with van der Waals surface area (Å²) in [6.45, 7) is 2.47. The fraction of sp³-hybridized carbons (Fsp3) is 0.400. The van der Waals surface area contributed by atoms with E-state index in [1.165, 1.54) is 13.8 Å². The van der Waals surface area contributed by atoms with E-state index < -0.39 is 11.8 Å². The van der Waals surface area contributed by atoms with E-state index in [1.54, 1.807) is 0 Å². The third kappa shape index (κ3) is 58.8. The van der Waals surface area contributed by atoms with E-state index in [1.807, 2.05) is 0 Å². The van der Waals surface area contributed by atoms with Gasteiger partial charge >= 0.3 is 21.1 Å². The monoisotopic (exact) mass is 1220 g/mol. The van der Waals surface area contributed by atoms with Crippen molar-refractivity contribution in [1.82, 2.24) is 0 Å². The van der Waals surface area contributed by atoms with E-state index in [9.17, 15) is 9.59 Å². The second-order valence-corrected chi connectivity index (χ2v) is 1.15. The summed E-state index contributed by atoms with van der Waals surface area (Å²) in [6.07, 6.45) is 0. The number of nitrogens with zero attached hydrogens (tertiary/aromatic N) is 1. The zero-order valence-corrected chi connectivity index (χ0v) is 25.3. The van der Waals surface area contributed by atoms with Crippen LogP contribution >= 0.6 is 0 Å². The minimum absolute atomic E-state index is 0. The van der Waals surface area contributed by atoms with Crippen molar-refractivity contribution in [3.8, 4) is 0 Å². The van der Waals surface area contributed by atoms with Crippen molar-refractivity contribution < 1.29 is 136 Å². The van der Waals surface area contributed by atoms with Gasteiger partial charge < -0.3 is 22.3 Å². The zero-order valence-electron chi connectivity index (χ0n) is 7.71. The molecule has 0 saturated heterocycles. The standard InChI is InChI=1S/C4H7NO2.CH3.6W/c1-3(6)5-4(2)7;;;;;;;/h1-2H3,(H,5,6,7);1H3;;;;;;/q;-1;;;;;;+2/p-1. The maximum absolute atomic E-state index is 9.87. The third-order valence-corrected chi connectivity index (χ3v) is 0.315. The first-order valence-electron chi connectivity index (χ1n) is 1.86. The molecular weight excluding hydrogens is 1210 g/mol. The Balaban J connectivity index is -0.00000000857. The molecule has 0 N–H and O–H groups in total. The van der Waals surface area contributed by atoms with Gasteiger partial charge in [0.1, 0.15) is 0 Å². The Bertz CT molecular complexity index is 100. The van der Waals surface area contributed by atoms with Crippen molar-refractivity contribution in [2.45, 2.75) is 13.8 Å². The van der Waals surface area contributed by atoms with Gasteiger partial charge in [-0.05, 0) is 13.8 Å². The van der Waals surface area contributed by atoms with Crippen LogP contribution in [-0.4, -0.2) is 11.8 Å². The summed E-state index contributed by atoms with van der Waals surface area (Å²) in [4.78, 5) is 19.7. The Hall–Kier alpha value is 3.27. The number of hydrogen-bond donors (Lipinski definition) is 0. The molecule has 0 aliphatic heterocycles. The van der Waals surface area contributed by atoms with Gasteiger partial charge in [0.15, 0.2) is 0 Å². The molecule has 0 heterocycles. The molecule has 0 aromatic rings. The second-order valence-electron chi connectivity index (χ2n) is 1.15. The van der Waals surface area contributed by atoms with E-state index in [-0.39, 0.29) is 134 Å². The fourth-order valence-corrected chi connectivity index (χ4v) is 0.222. The zero-order chi connectivity index (χ0) is 5.86. The minimum atomic E-state index is -0.437. The van der Waals surface area contributed by atoms with Crippen molar-refractivity contribution in [3.63, 3.8) is 0 Å². The molecule has 82 valence electrons. The maximum Gasteiger partial charge on any atom is 2.00 e. The smallest absolute Gasteiger partial charge is 0.596 e. The molecule has 0 aromatic heterocycles. The van der Waals surface area contributed by atoms with Gasteiger partial charge in [-0.15, -0.1) is 0 Å². The number of imide groups is 1. The van der Waals surface area contributed by atoms with Crippen molar-refractivity contribution >= 4 is 11.8 Å². The average molecular weight is 1220 g/mol. The van der Waals surface area contributed by atoms with E-state index in [2.05, 4.69) is 5.32 Å². The van der Waals surface area contributed by atoms with Crippen LogP contribution in [0.15, 0.2) is 0 Å². The van der Waals surface area contributed by atoms with Crippen LogP contribution in [0.1, 0.15) is 13.8 Å². The third-order valence-electron chi connectivity index (χ3n) is 0.315. The first-order chi connectivity index (χ1) is 3.13. The summed E-state index contributed by atoms with van der Waals surface area (Å²) in [6, 6.07) is 0. The summed E-state index contributed by atoms with van der Waals surface area (Å²) in [7, 11) is 0. The van der Waals surface area contributed by atoms with Gasteiger partial charge in [0.25, 0.3) is 0 Å². The summed E-state index contributed by atoms with van der Waals surface area (Å²) >= 11 is 0. The molecule has 0 bridgehead atoms. The predicted molar refractivity (Wildman–Crippen MR) is 31.1 cm³/mol. The Morgan fingerprint density at radius 3 is 0.929 bits per heavy atom. The van der Waals surface area contributed by atoms with Crippen molar-refractivity contribution in [3.05, 3.63) is 12.7 Å². The Labute approximate surface area is 171 Å². The molecule has 0 unspecified atom stereocenters. The molecule has 0 fully saturated rings. The molecule has 2 amide bonds. The summed E-state index contributed by atoms with van der Waals surface area (Å²) in [5, 5.41) is 3.00. The number of amides is 2. The minimum Gasteiger partial charge on any atom is -0.596 e. The van der Waals surface area contributed by atoms with E-state index in [4.69, 9.17) is 0 Å². The molecular formula is C5H9NO2W6. The molecule has 0 aromatic carbocycles. The van der Waals surface area contributed by atoms with Crippen LogP contribution in [0.3, 0.4) is 0 Å². The quantitative estimate of drug-likeness (QED) is 0.339. The first kappa shape index (κ1) is 53.2. The van der Waals surface area contributed by atoms with Crippen molar-refractivity contribution in [2.24, 2.45) is 0 Å². The van der Waals surface area contributed by atoms with Crippen LogP contribution in [0.2, 0.25) is 0 Å². The topological polar surface area (TPSA) is 48.2 Å². The van der Waals surface area contributed by atoms with Crippen LogP contribution in [0, 0.1) is 7.43 Å². The number of carbonyl (C=O) groups is 2. The molecule has 0 radical (unpaired) electrons. The SMILES string of the molecule is CC(=O)[N-]C(C)=O.[CH3-].[W+2].[W].[W].[W].[W].[W]. The summed E-state index contributed by atoms with van der Waals surface area (Å²) in [5.74, 6) is -0.875. The number of carbonyl (C=O) groups excluding carboxylic acids is 2. The van der Waals surface area contributed by atoms with E-state index in [0.717, 1.165) is 0 Å². The number of rotatable bonds is 0. The van der Waals surface area contributed by atoms with Crippen molar-refractivity contribution in [1.29, 1.82) is 0 Å². The van der Waals surface area contributed by atoms with Crippen molar-refractivity contribution in [2.75, 3.05) is 0 Å². The largest absolute Gasteiger partial charge is 2.00 e. The maximum atomic E-state index is 9.87. The summed E-state index contributed by atoms with van der Waals surface area (Å²) in [5.41, 5.74) is 0. The molecule has 14 heavy (non-hydrogen) atoms. The fourth-order valence-electron chi connectivity index (χ4n) is 0.222.